The van der Waals surface area contributed by atoms with Gasteiger partial charge in [-0.05, 0) is 18.9 Å². The van der Waals surface area contributed by atoms with E-state index in [1.54, 1.807) is 12.4 Å². The molecule has 0 aliphatic carbocycles. The van der Waals surface area contributed by atoms with Crippen LogP contribution in [0.25, 0.3) is 0 Å². The van der Waals surface area contributed by atoms with E-state index in [2.05, 4.69) is 24.1 Å². The molecule has 0 saturated carbocycles. The first kappa shape index (κ1) is 13.0. The van der Waals surface area contributed by atoms with Gasteiger partial charge in [-0.3, -0.25) is 4.98 Å². The Labute approximate surface area is 97.9 Å². The molecule has 0 atom stereocenters. The zero-order valence-corrected chi connectivity index (χ0v) is 10.2. The van der Waals surface area contributed by atoms with Gasteiger partial charge in [0.2, 0.25) is 0 Å². The number of hydrogen-bond donors (Lipinski definition) is 2. The number of nitrogens with zero attached hydrogens (tertiary/aromatic N) is 1. The van der Waals surface area contributed by atoms with Crippen LogP contribution in [0.15, 0.2) is 18.5 Å². The lowest BCUT2D eigenvalue weighted by atomic mass is 10.1. The summed E-state index contributed by atoms with van der Waals surface area (Å²) < 4.78 is 0. The highest BCUT2D eigenvalue weighted by Crippen LogP contribution is 2.17. The molecular formula is C13H22N2O. The Morgan fingerprint density at radius 2 is 2.00 bits per heavy atom. The quantitative estimate of drug-likeness (QED) is 0.745. The predicted octanol–water partition coefficient (Wildman–Crippen LogP) is 2.95. The van der Waals surface area contributed by atoms with Crippen molar-refractivity contribution in [2.45, 2.75) is 52.2 Å². The summed E-state index contributed by atoms with van der Waals surface area (Å²) in [5.74, 6) is 0. The van der Waals surface area contributed by atoms with Crippen molar-refractivity contribution in [2.75, 3.05) is 5.32 Å². The van der Waals surface area contributed by atoms with Crippen LogP contribution in [0.3, 0.4) is 0 Å². The van der Waals surface area contributed by atoms with Crippen LogP contribution in [-0.4, -0.2) is 16.1 Å². The van der Waals surface area contributed by atoms with E-state index in [9.17, 15) is 5.11 Å². The first-order valence-corrected chi connectivity index (χ1v) is 6.12. The fourth-order valence-electron chi connectivity index (χ4n) is 1.90. The molecule has 1 aromatic heterocycles. The van der Waals surface area contributed by atoms with E-state index in [0.717, 1.165) is 24.1 Å². The van der Waals surface area contributed by atoms with Crippen molar-refractivity contribution in [3.63, 3.8) is 0 Å². The second-order valence-electron chi connectivity index (χ2n) is 4.11. The van der Waals surface area contributed by atoms with Crippen molar-refractivity contribution >= 4 is 5.69 Å². The molecule has 1 rings (SSSR count). The highest BCUT2D eigenvalue weighted by Gasteiger charge is 2.08. The lowest BCUT2D eigenvalue weighted by Crippen LogP contribution is -2.20. The van der Waals surface area contributed by atoms with Gasteiger partial charge in [0.1, 0.15) is 0 Å². The van der Waals surface area contributed by atoms with Gasteiger partial charge in [-0.2, -0.15) is 0 Å². The zero-order valence-electron chi connectivity index (χ0n) is 10.2. The van der Waals surface area contributed by atoms with Crippen molar-refractivity contribution in [2.24, 2.45) is 0 Å². The summed E-state index contributed by atoms with van der Waals surface area (Å²) >= 11 is 0. The summed E-state index contributed by atoms with van der Waals surface area (Å²) in [5.41, 5.74) is 1.89. The number of rotatable bonds is 7. The molecule has 3 heteroatoms. The van der Waals surface area contributed by atoms with Crippen LogP contribution in [0.2, 0.25) is 0 Å². The Bertz CT molecular complexity index is 296. The Morgan fingerprint density at radius 3 is 2.56 bits per heavy atom. The van der Waals surface area contributed by atoms with E-state index in [4.69, 9.17) is 0 Å². The molecule has 0 aromatic carbocycles. The minimum Gasteiger partial charge on any atom is -0.392 e. The van der Waals surface area contributed by atoms with Gasteiger partial charge in [0, 0.05) is 17.8 Å². The highest BCUT2D eigenvalue weighted by atomic mass is 16.3. The third-order valence-corrected chi connectivity index (χ3v) is 2.72. The van der Waals surface area contributed by atoms with Crippen LogP contribution in [0.4, 0.5) is 5.69 Å². The van der Waals surface area contributed by atoms with Crippen LogP contribution >= 0.6 is 0 Å². The molecule has 0 aliphatic heterocycles. The molecule has 16 heavy (non-hydrogen) atoms. The number of hydrogen-bond acceptors (Lipinski definition) is 3. The van der Waals surface area contributed by atoms with E-state index in [-0.39, 0.29) is 6.61 Å². The van der Waals surface area contributed by atoms with Crippen molar-refractivity contribution in [1.29, 1.82) is 0 Å². The Kier molecular flexibility index (Phi) is 5.86. The molecule has 0 amide bonds. The van der Waals surface area contributed by atoms with Crippen molar-refractivity contribution in [3.05, 3.63) is 24.0 Å². The molecule has 0 spiro atoms. The number of aromatic nitrogens is 1. The van der Waals surface area contributed by atoms with Crippen LogP contribution in [0, 0.1) is 0 Å². The first-order valence-electron chi connectivity index (χ1n) is 6.12. The average molecular weight is 222 g/mol. The smallest absolute Gasteiger partial charge is 0.0703 e. The van der Waals surface area contributed by atoms with Gasteiger partial charge in [0.25, 0.3) is 0 Å². The summed E-state index contributed by atoms with van der Waals surface area (Å²) in [6, 6.07) is 2.35. The fourth-order valence-corrected chi connectivity index (χ4v) is 1.90. The van der Waals surface area contributed by atoms with Crippen LogP contribution in [0.1, 0.15) is 45.1 Å². The van der Waals surface area contributed by atoms with Gasteiger partial charge in [-0.25, -0.2) is 0 Å². The topological polar surface area (TPSA) is 45.2 Å². The SMILES string of the molecule is CCCC(CCC)Nc1cnccc1CO. The Hall–Kier alpha value is -1.09. The molecule has 2 N–H and O–H groups in total. The Balaban J connectivity index is 2.67. The molecular weight excluding hydrogens is 200 g/mol. The third kappa shape index (κ3) is 3.81. The monoisotopic (exact) mass is 222 g/mol. The summed E-state index contributed by atoms with van der Waals surface area (Å²) in [6.07, 6.45) is 8.18. The zero-order chi connectivity index (χ0) is 11.8. The number of anilines is 1. The van der Waals surface area contributed by atoms with Crippen LogP contribution in [-0.2, 0) is 6.61 Å². The van der Waals surface area contributed by atoms with Crippen molar-refractivity contribution in [1.82, 2.24) is 4.98 Å². The normalized spacial score (nSPS) is 10.8. The molecule has 3 nitrogen and oxygen atoms in total. The molecule has 0 aliphatic rings. The van der Waals surface area contributed by atoms with E-state index in [0.29, 0.717) is 6.04 Å². The van der Waals surface area contributed by atoms with Crippen molar-refractivity contribution < 1.29 is 5.11 Å². The third-order valence-electron chi connectivity index (χ3n) is 2.72. The first-order chi connectivity index (χ1) is 7.81. The summed E-state index contributed by atoms with van der Waals surface area (Å²) in [6.45, 7) is 4.46. The van der Waals surface area contributed by atoms with Crippen molar-refractivity contribution in [3.8, 4) is 0 Å². The lowest BCUT2D eigenvalue weighted by Gasteiger charge is -2.20. The maximum atomic E-state index is 9.22. The Morgan fingerprint density at radius 1 is 1.31 bits per heavy atom. The maximum absolute atomic E-state index is 9.22. The minimum absolute atomic E-state index is 0.0653. The van der Waals surface area contributed by atoms with Gasteiger partial charge >= 0.3 is 0 Å². The number of aliphatic hydroxyl groups excluding tert-OH is 1. The average Bonchev–Trinajstić information content (AvgIpc) is 2.30. The number of nitrogens with one attached hydrogen (secondary N) is 1. The van der Waals surface area contributed by atoms with Gasteiger partial charge in [-0.1, -0.05) is 26.7 Å². The number of pyridine rings is 1. The molecule has 0 fully saturated rings. The number of aliphatic hydroxyl groups is 1. The molecule has 1 heterocycles. The molecule has 0 radical (unpaired) electrons. The maximum Gasteiger partial charge on any atom is 0.0703 e. The van der Waals surface area contributed by atoms with E-state index in [1.807, 2.05) is 6.07 Å². The second kappa shape index (κ2) is 7.23. The second-order valence-corrected chi connectivity index (χ2v) is 4.11. The summed E-state index contributed by atoms with van der Waals surface area (Å²) in [7, 11) is 0. The molecule has 90 valence electrons. The van der Waals surface area contributed by atoms with E-state index < -0.39 is 0 Å². The highest BCUT2D eigenvalue weighted by molar-refractivity contribution is 5.49. The molecule has 0 bridgehead atoms. The van der Waals surface area contributed by atoms with Crippen LogP contribution in [0.5, 0.6) is 0 Å². The lowest BCUT2D eigenvalue weighted by molar-refractivity contribution is 0.282. The predicted molar refractivity (Wildman–Crippen MR) is 67.4 cm³/mol. The largest absolute Gasteiger partial charge is 0.392 e. The molecule has 1 aromatic rings. The minimum atomic E-state index is 0.0653. The molecule has 0 unspecified atom stereocenters. The summed E-state index contributed by atoms with van der Waals surface area (Å²) in [5, 5.41) is 12.7. The van der Waals surface area contributed by atoms with E-state index >= 15 is 0 Å². The van der Waals surface area contributed by atoms with Crippen LogP contribution < -0.4 is 5.32 Å². The van der Waals surface area contributed by atoms with Gasteiger partial charge < -0.3 is 10.4 Å². The van der Waals surface area contributed by atoms with Gasteiger partial charge in [0.15, 0.2) is 0 Å². The van der Waals surface area contributed by atoms with E-state index in [1.165, 1.54) is 12.8 Å². The fraction of sp³-hybridized carbons (Fsp3) is 0.615. The standard InChI is InChI=1S/C13H22N2O/c1-3-5-12(6-4-2)15-13-9-14-8-7-11(13)10-16/h7-9,12,15-16H,3-6,10H2,1-2H3. The summed E-state index contributed by atoms with van der Waals surface area (Å²) in [4.78, 5) is 4.09. The van der Waals surface area contributed by atoms with Gasteiger partial charge in [0.05, 0.1) is 18.5 Å². The van der Waals surface area contributed by atoms with Gasteiger partial charge in [-0.15, -0.1) is 0 Å². The molecule has 0 saturated heterocycles.